The van der Waals surface area contributed by atoms with Crippen LogP contribution in [0.5, 0.6) is 0 Å². The maximum Gasteiger partial charge on any atom is 0.161 e. The first-order valence-electron chi connectivity index (χ1n) is 13.4. The highest BCUT2D eigenvalue weighted by molar-refractivity contribution is 5.96. The highest BCUT2D eigenvalue weighted by Gasteiger charge is 2.18. The van der Waals surface area contributed by atoms with Gasteiger partial charge in [0.2, 0.25) is 0 Å². The third-order valence-corrected chi connectivity index (χ3v) is 6.61. The Morgan fingerprint density at radius 3 is 2.54 bits per heavy atom. The fourth-order valence-electron chi connectivity index (χ4n) is 4.74. The van der Waals surface area contributed by atoms with Gasteiger partial charge in [0.05, 0.1) is 34.1 Å². The number of anilines is 2. The summed E-state index contributed by atoms with van der Waals surface area (Å²) in [5, 5.41) is 14.3. The molecule has 1 aromatic carbocycles. The molecule has 0 saturated carbocycles. The molecule has 0 aliphatic carbocycles. The fraction of sp³-hybridized carbons (Fsp3) is 0.233. The molecule has 6 rings (SSSR count). The molecule has 0 bridgehead atoms. The van der Waals surface area contributed by atoms with Crippen molar-refractivity contribution in [2.45, 2.75) is 19.9 Å². The zero-order valence-electron chi connectivity index (χ0n) is 23.3. The molecule has 0 aliphatic rings. The van der Waals surface area contributed by atoms with Crippen LogP contribution in [0.15, 0.2) is 61.2 Å². The Balaban J connectivity index is 1.37. The molecule has 41 heavy (non-hydrogen) atoms. The summed E-state index contributed by atoms with van der Waals surface area (Å²) in [5.74, 6) is 0.207. The Kier molecular flexibility index (Phi) is 7.02. The number of benzene rings is 1. The van der Waals surface area contributed by atoms with Crippen LogP contribution in [0.25, 0.3) is 56.0 Å². The lowest BCUT2D eigenvalue weighted by atomic mass is 10.1. The number of rotatable bonds is 9. The van der Waals surface area contributed by atoms with Crippen LogP contribution in [0.3, 0.4) is 0 Å². The highest BCUT2D eigenvalue weighted by Crippen LogP contribution is 2.33. The van der Waals surface area contributed by atoms with Crippen LogP contribution in [0, 0.1) is 5.82 Å². The second-order valence-electron chi connectivity index (χ2n) is 10.6. The van der Waals surface area contributed by atoms with E-state index in [1.54, 1.807) is 24.8 Å². The molecular weight excluding hydrogens is 519 g/mol. The summed E-state index contributed by atoms with van der Waals surface area (Å²) < 4.78 is 14.6. The third kappa shape index (κ3) is 5.57. The second kappa shape index (κ2) is 10.9. The van der Waals surface area contributed by atoms with Crippen molar-refractivity contribution in [1.82, 2.24) is 40.0 Å². The minimum atomic E-state index is -0.334. The molecule has 0 atom stereocenters. The highest BCUT2D eigenvalue weighted by atomic mass is 19.1. The number of fused-ring (bicyclic) bond motifs is 2. The first-order valence-corrected chi connectivity index (χ1v) is 13.4. The van der Waals surface area contributed by atoms with Crippen LogP contribution >= 0.6 is 0 Å². The molecule has 6 aromatic rings. The Bertz CT molecular complexity index is 1840. The Morgan fingerprint density at radius 1 is 0.878 bits per heavy atom. The van der Waals surface area contributed by atoms with Gasteiger partial charge in [0.15, 0.2) is 11.5 Å². The number of pyridine rings is 3. The van der Waals surface area contributed by atoms with Crippen molar-refractivity contribution in [3.05, 3.63) is 67.0 Å². The van der Waals surface area contributed by atoms with Gasteiger partial charge in [-0.25, -0.2) is 14.4 Å². The van der Waals surface area contributed by atoms with E-state index in [0.29, 0.717) is 51.4 Å². The predicted octanol–water partition coefficient (Wildman–Crippen LogP) is 5.56. The molecule has 5 heterocycles. The summed E-state index contributed by atoms with van der Waals surface area (Å²) in [7, 11) is 4.00. The SMILES string of the molecule is CC(C)Nc1cncc(-c2ccc3[nH]nc(-c4nc5c(-c6cc(F)cc(NCCN(C)C)c6)cncc5[nH]4)c3n2)c1. The lowest BCUT2D eigenvalue weighted by Gasteiger charge is -2.12. The smallest absolute Gasteiger partial charge is 0.161 e. The van der Waals surface area contributed by atoms with Crippen molar-refractivity contribution in [3.8, 4) is 33.9 Å². The van der Waals surface area contributed by atoms with Crippen molar-refractivity contribution < 1.29 is 4.39 Å². The van der Waals surface area contributed by atoms with Crippen LogP contribution in [-0.4, -0.2) is 73.2 Å². The number of nitrogens with zero attached hydrogens (tertiary/aromatic N) is 6. The third-order valence-electron chi connectivity index (χ3n) is 6.61. The zero-order chi connectivity index (χ0) is 28.5. The molecular formula is C30H31FN10. The monoisotopic (exact) mass is 550 g/mol. The fourth-order valence-corrected chi connectivity index (χ4v) is 4.74. The van der Waals surface area contributed by atoms with E-state index in [1.165, 1.54) is 12.1 Å². The number of hydrogen-bond donors (Lipinski definition) is 4. The summed E-state index contributed by atoms with van der Waals surface area (Å²) in [4.78, 5) is 24.0. The van der Waals surface area contributed by atoms with Gasteiger partial charge in [0.1, 0.15) is 11.3 Å². The first kappa shape index (κ1) is 26.3. The molecule has 0 radical (unpaired) electrons. The predicted molar refractivity (Wildman–Crippen MR) is 161 cm³/mol. The molecule has 11 heteroatoms. The molecule has 4 N–H and O–H groups in total. The molecule has 0 unspecified atom stereocenters. The molecule has 0 spiro atoms. The number of nitrogens with one attached hydrogen (secondary N) is 4. The van der Waals surface area contributed by atoms with Crippen molar-refractivity contribution in [3.63, 3.8) is 0 Å². The number of hydrogen-bond acceptors (Lipinski definition) is 8. The molecule has 0 saturated heterocycles. The standard InChI is InChI=1S/C30H31FN10/c1-17(2)35-22-11-19(13-32-14-22)24-5-6-25-28(36-24)29(40-39-25)30-37-26-16-33-15-23(27(26)38-30)18-9-20(31)12-21(10-18)34-7-8-41(3)4/h5-6,9-17,34-35H,7-8H2,1-4H3,(H,37,38)(H,39,40). The van der Waals surface area contributed by atoms with Crippen LogP contribution in [-0.2, 0) is 0 Å². The lowest BCUT2D eigenvalue weighted by molar-refractivity contribution is 0.425. The summed E-state index contributed by atoms with van der Waals surface area (Å²) in [6.07, 6.45) is 7.00. The molecule has 0 aliphatic heterocycles. The van der Waals surface area contributed by atoms with Crippen LogP contribution in [0.1, 0.15) is 13.8 Å². The van der Waals surface area contributed by atoms with Gasteiger partial charge >= 0.3 is 0 Å². The van der Waals surface area contributed by atoms with E-state index in [4.69, 9.17) is 9.97 Å². The first-order chi connectivity index (χ1) is 19.8. The minimum absolute atomic E-state index is 0.286. The molecule has 5 aromatic heterocycles. The number of imidazole rings is 1. The van der Waals surface area contributed by atoms with Gasteiger partial charge in [-0.2, -0.15) is 5.10 Å². The van der Waals surface area contributed by atoms with Crippen LogP contribution in [0.2, 0.25) is 0 Å². The largest absolute Gasteiger partial charge is 0.384 e. The summed E-state index contributed by atoms with van der Waals surface area (Å²) in [5.41, 5.74) is 8.12. The lowest BCUT2D eigenvalue weighted by Crippen LogP contribution is -2.20. The molecule has 0 amide bonds. The Morgan fingerprint density at radius 2 is 1.71 bits per heavy atom. The van der Waals surface area contributed by atoms with Crippen molar-refractivity contribution in [2.24, 2.45) is 0 Å². The Hall–Kier alpha value is -4.90. The van der Waals surface area contributed by atoms with Gasteiger partial charge < -0.3 is 20.5 Å². The average molecular weight is 551 g/mol. The average Bonchev–Trinajstić information content (AvgIpc) is 3.56. The summed E-state index contributed by atoms with van der Waals surface area (Å²) >= 11 is 0. The normalized spacial score (nSPS) is 11.7. The number of likely N-dealkylation sites (N-methyl/N-ethyl adjacent to an activating group) is 1. The van der Waals surface area contributed by atoms with Crippen LogP contribution in [0.4, 0.5) is 15.8 Å². The van der Waals surface area contributed by atoms with Gasteiger partial charge in [-0.1, -0.05) is 0 Å². The van der Waals surface area contributed by atoms with Gasteiger partial charge in [-0.3, -0.25) is 15.1 Å². The Labute approximate surface area is 236 Å². The van der Waals surface area contributed by atoms with E-state index in [0.717, 1.165) is 29.0 Å². The maximum absolute atomic E-state index is 14.6. The van der Waals surface area contributed by atoms with E-state index >= 15 is 0 Å². The van der Waals surface area contributed by atoms with Crippen LogP contribution < -0.4 is 10.6 Å². The number of aromatic amines is 2. The molecule has 0 fully saturated rings. The second-order valence-corrected chi connectivity index (χ2v) is 10.6. The van der Waals surface area contributed by atoms with E-state index in [-0.39, 0.29) is 11.9 Å². The van der Waals surface area contributed by atoms with Crippen molar-refractivity contribution in [2.75, 3.05) is 37.8 Å². The summed E-state index contributed by atoms with van der Waals surface area (Å²) in [6.45, 7) is 5.69. The number of aromatic nitrogens is 7. The summed E-state index contributed by atoms with van der Waals surface area (Å²) in [6, 6.07) is 11.1. The van der Waals surface area contributed by atoms with E-state index in [2.05, 4.69) is 54.5 Å². The molecule has 10 nitrogen and oxygen atoms in total. The minimum Gasteiger partial charge on any atom is -0.384 e. The number of H-pyrrole nitrogens is 2. The van der Waals surface area contributed by atoms with Crippen molar-refractivity contribution in [1.29, 1.82) is 0 Å². The van der Waals surface area contributed by atoms with Gasteiger partial charge in [0, 0.05) is 54.5 Å². The van der Waals surface area contributed by atoms with Gasteiger partial charge in [0.25, 0.3) is 0 Å². The maximum atomic E-state index is 14.6. The van der Waals surface area contributed by atoms with E-state index < -0.39 is 0 Å². The zero-order valence-corrected chi connectivity index (χ0v) is 23.3. The number of halogens is 1. The van der Waals surface area contributed by atoms with E-state index in [1.807, 2.05) is 38.4 Å². The molecule has 208 valence electrons. The van der Waals surface area contributed by atoms with Crippen molar-refractivity contribution >= 4 is 33.4 Å². The van der Waals surface area contributed by atoms with Gasteiger partial charge in [-0.05, 0) is 69.9 Å². The van der Waals surface area contributed by atoms with E-state index in [9.17, 15) is 4.39 Å². The van der Waals surface area contributed by atoms with Gasteiger partial charge in [-0.15, -0.1) is 0 Å². The quantitative estimate of drug-likeness (QED) is 0.185. The topological polar surface area (TPSA) is 123 Å².